The summed E-state index contributed by atoms with van der Waals surface area (Å²) in [7, 11) is 0. The van der Waals surface area contributed by atoms with Gasteiger partial charge < -0.3 is 4.90 Å². The molecule has 4 nitrogen and oxygen atoms in total. The highest BCUT2D eigenvalue weighted by molar-refractivity contribution is 5.70. The van der Waals surface area contributed by atoms with E-state index < -0.39 is 0 Å². The lowest BCUT2D eigenvalue weighted by Crippen LogP contribution is -2.16. The van der Waals surface area contributed by atoms with Gasteiger partial charge >= 0.3 is 0 Å². The van der Waals surface area contributed by atoms with Crippen LogP contribution in [0.5, 0.6) is 0 Å². The average molecular weight is 334 g/mol. The Morgan fingerprint density at radius 1 is 0.692 bits per heavy atom. The van der Waals surface area contributed by atoms with Crippen LogP contribution in [-0.2, 0) is 0 Å². The molecular weight excluding hydrogens is 320 g/mol. The largest absolute Gasteiger partial charge is 0.314 e. The van der Waals surface area contributed by atoms with Crippen LogP contribution in [0, 0.1) is 34.0 Å². The van der Waals surface area contributed by atoms with Crippen LogP contribution >= 0.6 is 0 Å². The molecule has 4 heteroatoms. The van der Waals surface area contributed by atoms with Gasteiger partial charge in [0, 0.05) is 23.5 Å². The van der Waals surface area contributed by atoms with Crippen molar-refractivity contribution in [2.75, 3.05) is 4.90 Å². The molecule has 122 valence electrons. The third-order valence-corrected chi connectivity index (χ3v) is 4.01. The molecule has 26 heavy (non-hydrogen) atoms. The molecule has 0 aliphatic heterocycles. The summed E-state index contributed by atoms with van der Waals surface area (Å²) in [4.78, 5) is 2.06. The van der Waals surface area contributed by atoms with Crippen LogP contribution < -0.4 is 4.90 Å². The number of hydrogen-bond acceptors (Lipinski definition) is 4. The van der Waals surface area contributed by atoms with Crippen molar-refractivity contribution in [2.24, 2.45) is 0 Å². The van der Waals surface area contributed by atoms with E-state index in [1.807, 2.05) is 36.4 Å². The summed E-state index contributed by atoms with van der Waals surface area (Å²) in [5, 5.41) is 27.2. The third-order valence-electron chi connectivity index (χ3n) is 4.01. The molecule has 0 heterocycles. The molecule has 0 aromatic heterocycles. The number of rotatable bonds is 3. The van der Waals surface area contributed by atoms with Crippen molar-refractivity contribution in [2.45, 2.75) is 6.42 Å². The molecule has 0 saturated heterocycles. The maximum Gasteiger partial charge on any atom is 0.0991 e. The summed E-state index contributed by atoms with van der Waals surface area (Å²) < 4.78 is 0. The fraction of sp³-hybridized carbons (Fsp3) is 0.0455. The Morgan fingerprint density at radius 2 is 1.23 bits per heavy atom. The molecule has 0 saturated carbocycles. The Kier molecular flexibility index (Phi) is 4.95. The lowest BCUT2D eigenvalue weighted by molar-refractivity contribution is 1.08. The van der Waals surface area contributed by atoms with Gasteiger partial charge in [0.2, 0.25) is 0 Å². The predicted octanol–water partition coefficient (Wildman–Crippen LogP) is 4.86. The van der Waals surface area contributed by atoms with Gasteiger partial charge in [-0.2, -0.15) is 15.8 Å². The number of nitrogens with zero attached hydrogens (tertiary/aromatic N) is 4. The molecule has 0 unspecified atom stereocenters. The van der Waals surface area contributed by atoms with Gasteiger partial charge in [-0.15, -0.1) is 0 Å². The molecule has 1 aliphatic carbocycles. The van der Waals surface area contributed by atoms with Gasteiger partial charge in [0.15, 0.2) is 0 Å². The number of anilines is 2. The number of allylic oxidation sites excluding steroid dienone is 5. The number of benzene rings is 2. The zero-order chi connectivity index (χ0) is 18.4. The van der Waals surface area contributed by atoms with Crippen LogP contribution in [0.15, 0.2) is 84.1 Å². The summed E-state index contributed by atoms with van der Waals surface area (Å²) in [6.45, 7) is 0. The summed E-state index contributed by atoms with van der Waals surface area (Å²) >= 11 is 0. The Hall–Kier alpha value is -4.07. The van der Waals surface area contributed by atoms with Crippen LogP contribution in [0.4, 0.5) is 11.4 Å². The van der Waals surface area contributed by atoms with E-state index >= 15 is 0 Å². The number of nitriles is 3. The van der Waals surface area contributed by atoms with Gasteiger partial charge in [0.05, 0.1) is 34.9 Å². The van der Waals surface area contributed by atoms with E-state index in [1.165, 1.54) is 0 Å². The van der Waals surface area contributed by atoms with Gasteiger partial charge in [-0.25, -0.2) is 0 Å². The normalized spacial score (nSPS) is 12.7. The Balaban J connectivity index is 2.09. The zero-order valence-electron chi connectivity index (χ0n) is 13.9. The summed E-state index contributed by atoms with van der Waals surface area (Å²) in [5.74, 6) is 0. The predicted molar refractivity (Wildman–Crippen MR) is 100.0 cm³/mol. The summed E-state index contributed by atoms with van der Waals surface area (Å²) in [6, 6.07) is 21.1. The smallest absolute Gasteiger partial charge is 0.0991 e. The second-order valence-corrected chi connectivity index (χ2v) is 5.65. The van der Waals surface area contributed by atoms with Crippen LogP contribution in [0.25, 0.3) is 0 Å². The average Bonchev–Trinajstić information content (AvgIpc) is 2.95. The van der Waals surface area contributed by atoms with Crippen LogP contribution in [0.3, 0.4) is 0 Å². The molecule has 0 bridgehead atoms. The SMILES string of the molecule is N#CC1=CC=C(N(c2ccc(C#N)cc2)c2ccc(C#N)cc2)CC=C1. The fourth-order valence-corrected chi connectivity index (χ4v) is 2.71. The maximum absolute atomic E-state index is 9.12. The topological polar surface area (TPSA) is 74.6 Å². The summed E-state index contributed by atoms with van der Waals surface area (Å²) in [5.41, 5.74) is 4.58. The van der Waals surface area contributed by atoms with Crippen molar-refractivity contribution < 1.29 is 0 Å². The van der Waals surface area contributed by atoms with Crippen LogP contribution in [0.2, 0.25) is 0 Å². The first-order valence-electron chi connectivity index (χ1n) is 8.03. The second kappa shape index (κ2) is 7.67. The number of hydrogen-bond donors (Lipinski definition) is 0. The lowest BCUT2D eigenvalue weighted by atomic mass is 10.1. The molecule has 0 spiro atoms. The molecule has 0 fully saturated rings. The first kappa shape index (κ1) is 16.8. The summed E-state index contributed by atoms with van der Waals surface area (Å²) in [6.07, 6.45) is 8.13. The molecule has 0 N–H and O–H groups in total. The van der Waals surface area contributed by atoms with Gasteiger partial charge in [-0.1, -0.05) is 6.08 Å². The standard InChI is InChI=1S/C22H14N4/c23-14-17-2-1-3-20(9-4-17)26(21-10-5-18(15-24)6-11-21)22-12-7-19(16-25)8-13-22/h1-2,4-13H,3H2. The Labute approximate surface area is 152 Å². The van der Waals surface area contributed by atoms with Crippen molar-refractivity contribution >= 4 is 11.4 Å². The minimum atomic E-state index is 0.593. The minimum Gasteiger partial charge on any atom is -0.314 e. The van der Waals surface area contributed by atoms with Gasteiger partial charge in [-0.05, 0) is 66.8 Å². The van der Waals surface area contributed by atoms with Crippen LogP contribution in [0.1, 0.15) is 17.5 Å². The second-order valence-electron chi connectivity index (χ2n) is 5.65. The van der Waals surface area contributed by atoms with Gasteiger partial charge in [0.1, 0.15) is 0 Å². The molecular formula is C22H14N4. The van der Waals surface area contributed by atoms with Crippen molar-refractivity contribution in [3.05, 3.63) is 95.2 Å². The molecule has 0 radical (unpaired) electrons. The fourth-order valence-electron chi connectivity index (χ4n) is 2.71. The van der Waals surface area contributed by atoms with Gasteiger partial charge in [-0.3, -0.25) is 0 Å². The molecule has 2 aromatic rings. The monoisotopic (exact) mass is 334 g/mol. The highest BCUT2D eigenvalue weighted by Crippen LogP contribution is 2.32. The van der Waals surface area contributed by atoms with E-state index in [2.05, 4.69) is 23.1 Å². The van der Waals surface area contributed by atoms with Crippen molar-refractivity contribution in [1.29, 1.82) is 15.8 Å². The van der Waals surface area contributed by atoms with Crippen molar-refractivity contribution in [1.82, 2.24) is 0 Å². The van der Waals surface area contributed by atoms with E-state index in [1.54, 1.807) is 36.4 Å². The minimum absolute atomic E-state index is 0.593. The zero-order valence-corrected chi connectivity index (χ0v) is 13.9. The van der Waals surface area contributed by atoms with E-state index in [0.717, 1.165) is 17.1 Å². The molecule has 2 aromatic carbocycles. The highest BCUT2D eigenvalue weighted by atomic mass is 15.1. The highest BCUT2D eigenvalue weighted by Gasteiger charge is 2.15. The molecule has 0 atom stereocenters. The van der Waals surface area contributed by atoms with E-state index in [-0.39, 0.29) is 0 Å². The molecule has 3 rings (SSSR count). The molecule has 0 amide bonds. The third kappa shape index (κ3) is 3.54. The lowest BCUT2D eigenvalue weighted by Gasteiger charge is -2.27. The van der Waals surface area contributed by atoms with E-state index in [9.17, 15) is 0 Å². The first-order chi connectivity index (χ1) is 12.7. The Morgan fingerprint density at radius 3 is 1.69 bits per heavy atom. The quantitative estimate of drug-likeness (QED) is 0.803. The Bertz CT molecular complexity index is 961. The first-order valence-corrected chi connectivity index (χ1v) is 8.03. The van der Waals surface area contributed by atoms with E-state index in [4.69, 9.17) is 15.8 Å². The van der Waals surface area contributed by atoms with Crippen LogP contribution in [-0.4, -0.2) is 0 Å². The molecule has 1 aliphatic rings. The van der Waals surface area contributed by atoms with E-state index in [0.29, 0.717) is 23.1 Å². The maximum atomic E-state index is 9.12. The van der Waals surface area contributed by atoms with Gasteiger partial charge in [0.25, 0.3) is 0 Å². The van der Waals surface area contributed by atoms with Crippen molar-refractivity contribution in [3.8, 4) is 18.2 Å². The van der Waals surface area contributed by atoms with Crippen molar-refractivity contribution in [3.63, 3.8) is 0 Å².